The second kappa shape index (κ2) is 8.20. The summed E-state index contributed by atoms with van der Waals surface area (Å²) in [4.78, 5) is 24.1. The molecule has 27 heavy (non-hydrogen) atoms. The fraction of sp³-hybridized carbons (Fsp3) is 0.381. The molecule has 140 valence electrons. The molecule has 0 aliphatic carbocycles. The van der Waals surface area contributed by atoms with Gasteiger partial charge in [0.2, 0.25) is 5.95 Å². The molecule has 2 atom stereocenters. The van der Waals surface area contributed by atoms with E-state index in [1.165, 1.54) is 0 Å². The summed E-state index contributed by atoms with van der Waals surface area (Å²) in [6, 6.07) is 9.43. The first-order valence-corrected chi connectivity index (χ1v) is 9.54. The van der Waals surface area contributed by atoms with Gasteiger partial charge in [-0.3, -0.25) is 4.79 Å². The zero-order valence-corrected chi connectivity index (χ0v) is 15.3. The van der Waals surface area contributed by atoms with E-state index in [2.05, 4.69) is 32.3 Å². The number of hydrogen-bond donors (Lipinski definition) is 1. The van der Waals surface area contributed by atoms with Crippen molar-refractivity contribution >= 4 is 11.9 Å². The summed E-state index contributed by atoms with van der Waals surface area (Å²) in [6.07, 6.45) is 11.5. The smallest absolute Gasteiger partial charge is 0.255 e. The van der Waals surface area contributed by atoms with E-state index < -0.39 is 0 Å². The number of anilines is 1. The molecule has 4 rings (SSSR count). The molecule has 1 aromatic carbocycles. The van der Waals surface area contributed by atoms with Crippen LogP contribution in [-0.4, -0.2) is 41.1 Å². The van der Waals surface area contributed by atoms with Gasteiger partial charge in [0.25, 0.3) is 5.91 Å². The van der Waals surface area contributed by atoms with Crippen LogP contribution in [0.5, 0.6) is 5.75 Å². The van der Waals surface area contributed by atoms with Crippen LogP contribution in [0.25, 0.3) is 0 Å². The predicted molar refractivity (Wildman–Crippen MR) is 104 cm³/mol. The van der Waals surface area contributed by atoms with Gasteiger partial charge in [0.05, 0.1) is 18.2 Å². The molecular weight excluding hydrogens is 340 g/mol. The van der Waals surface area contributed by atoms with Crippen LogP contribution in [0.4, 0.5) is 5.95 Å². The Hall–Kier alpha value is -2.89. The van der Waals surface area contributed by atoms with Crippen LogP contribution in [0.3, 0.4) is 0 Å². The monoisotopic (exact) mass is 364 g/mol. The lowest BCUT2D eigenvalue weighted by Gasteiger charge is -2.41. The van der Waals surface area contributed by atoms with E-state index in [4.69, 9.17) is 4.74 Å². The summed E-state index contributed by atoms with van der Waals surface area (Å²) in [5, 5.41) is 3.24. The molecule has 2 aliphatic rings. The highest BCUT2D eigenvalue weighted by molar-refractivity contribution is 5.97. The van der Waals surface area contributed by atoms with Gasteiger partial charge in [-0.25, -0.2) is 9.97 Å². The second-order valence-electron chi connectivity index (χ2n) is 6.87. The lowest BCUT2D eigenvalue weighted by molar-refractivity contribution is 0.0918. The van der Waals surface area contributed by atoms with Crippen molar-refractivity contribution in [3.05, 3.63) is 60.4 Å². The zero-order chi connectivity index (χ0) is 18.5. The molecule has 1 saturated heterocycles. The Labute approximate surface area is 159 Å². The van der Waals surface area contributed by atoms with Gasteiger partial charge >= 0.3 is 0 Å². The summed E-state index contributed by atoms with van der Waals surface area (Å²) in [7, 11) is 0. The second-order valence-corrected chi connectivity index (χ2v) is 6.87. The first-order valence-electron chi connectivity index (χ1n) is 9.54. The van der Waals surface area contributed by atoms with Crippen molar-refractivity contribution in [3.63, 3.8) is 0 Å². The molecule has 0 unspecified atom stereocenters. The third-order valence-corrected chi connectivity index (χ3v) is 5.12. The Morgan fingerprint density at radius 2 is 1.96 bits per heavy atom. The van der Waals surface area contributed by atoms with E-state index in [-0.39, 0.29) is 18.0 Å². The number of carbonyl (C=O) groups is 1. The molecule has 6 heteroatoms. The van der Waals surface area contributed by atoms with Crippen LogP contribution >= 0.6 is 0 Å². The Bertz CT molecular complexity index is 809. The molecule has 1 fully saturated rings. The van der Waals surface area contributed by atoms with Crippen molar-refractivity contribution in [2.24, 2.45) is 0 Å². The number of benzene rings is 1. The highest BCUT2D eigenvalue weighted by atomic mass is 16.5. The summed E-state index contributed by atoms with van der Waals surface area (Å²) >= 11 is 0. The maximum Gasteiger partial charge on any atom is 0.255 e. The lowest BCUT2D eigenvalue weighted by Crippen LogP contribution is -2.55. The molecule has 1 N–H and O–H groups in total. The van der Waals surface area contributed by atoms with Crippen LogP contribution < -0.4 is 15.0 Å². The van der Waals surface area contributed by atoms with E-state index in [1.54, 1.807) is 12.4 Å². The molecule has 2 aliphatic heterocycles. The normalized spacial score (nSPS) is 24.3. The van der Waals surface area contributed by atoms with Gasteiger partial charge in [-0.15, -0.1) is 0 Å². The fourth-order valence-electron chi connectivity index (χ4n) is 3.82. The standard InChI is InChI=1S/C21H24N4O2/c26-20-16-8-3-4-11-19(16)27-15-5-1-2-10-18-17(24-20)9-6-14-25(18)21-22-12-7-13-23-21/h1-4,7-8,11-13,17-18H,5-6,9-10,14-15H2,(H,24,26)/b2-1+/t17-,18-/m0/s1. The van der Waals surface area contributed by atoms with Crippen LogP contribution in [0.1, 0.15) is 36.0 Å². The first-order chi connectivity index (χ1) is 13.3. The molecule has 1 aromatic heterocycles. The Morgan fingerprint density at radius 3 is 2.85 bits per heavy atom. The minimum Gasteiger partial charge on any atom is -0.492 e. The number of para-hydroxylation sites is 1. The topological polar surface area (TPSA) is 67.4 Å². The number of nitrogens with zero attached hydrogens (tertiary/aromatic N) is 3. The van der Waals surface area contributed by atoms with Crippen LogP contribution in [0, 0.1) is 0 Å². The summed E-state index contributed by atoms with van der Waals surface area (Å²) in [6.45, 7) is 1.45. The Morgan fingerprint density at radius 1 is 1.11 bits per heavy atom. The van der Waals surface area contributed by atoms with E-state index in [0.717, 1.165) is 38.2 Å². The van der Waals surface area contributed by atoms with Gasteiger partial charge < -0.3 is 15.0 Å². The number of carbonyl (C=O) groups excluding carboxylic acids is 1. The van der Waals surface area contributed by atoms with Gasteiger partial charge in [0.1, 0.15) is 5.75 Å². The Balaban J connectivity index is 1.64. The van der Waals surface area contributed by atoms with E-state index >= 15 is 0 Å². The maximum atomic E-state index is 13.0. The van der Waals surface area contributed by atoms with Gasteiger partial charge in [0, 0.05) is 25.0 Å². The van der Waals surface area contributed by atoms with Crippen molar-refractivity contribution in [1.82, 2.24) is 15.3 Å². The van der Waals surface area contributed by atoms with Gasteiger partial charge in [-0.05, 0) is 43.9 Å². The fourth-order valence-corrected chi connectivity index (χ4v) is 3.82. The van der Waals surface area contributed by atoms with Crippen LogP contribution in [-0.2, 0) is 0 Å². The molecule has 1 amide bonds. The predicted octanol–water partition coefficient (Wildman–Crippen LogP) is 2.97. The van der Waals surface area contributed by atoms with Crippen molar-refractivity contribution in [2.75, 3.05) is 18.1 Å². The highest BCUT2D eigenvalue weighted by Gasteiger charge is 2.33. The van der Waals surface area contributed by atoms with Crippen molar-refractivity contribution in [3.8, 4) is 5.75 Å². The van der Waals surface area contributed by atoms with Gasteiger partial charge in [-0.1, -0.05) is 24.3 Å². The summed E-state index contributed by atoms with van der Waals surface area (Å²) in [5.41, 5.74) is 0.592. The van der Waals surface area contributed by atoms with Crippen LogP contribution in [0.15, 0.2) is 54.9 Å². The van der Waals surface area contributed by atoms with Crippen LogP contribution in [0.2, 0.25) is 0 Å². The minimum atomic E-state index is -0.0824. The third kappa shape index (κ3) is 3.94. The number of amides is 1. The third-order valence-electron chi connectivity index (χ3n) is 5.12. The molecule has 6 nitrogen and oxygen atoms in total. The lowest BCUT2D eigenvalue weighted by atomic mass is 9.93. The molecule has 0 saturated carbocycles. The van der Waals surface area contributed by atoms with Crippen molar-refractivity contribution in [2.45, 2.75) is 37.8 Å². The number of fused-ring (bicyclic) bond motifs is 2. The van der Waals surface area contributed by atoms with E-state index in [9.17, 15) is 4.79 Å². The molecule has 0 spiro atoms. The number of nitrogens with one attached hydrogen (secondary N) is 1. The number of rotatable bonds is 1. The number of ether oxygens (including phenoxy) is 1. The average molecular weight is 364 g/mol. The number of hydrogen-bond acceptors (Lipinski definition) is 5. The van der Waals surface area contributed by atoms with Crippen molar-refractivity contribution < 1.29 is 9.53 Å². The Kier molecular flexibility index (Phi) is 5.32. The molecular formula is C21H24N4O2. The largest absolute Gasteiger partial charge is 0.492 e. The molecule has 2 aromatic rings. The molecule has 3 heterocycles. The quantitative estimate of drug-likeness (QED) is 0.788. The van der Waals surface area contributed by atoms with Crippen molar-refractivity contribution in [1.29, 1.82) is 0 Å². The first kappa shape index (κ1) is 17.5. The minimum absolute atomic E-state index is 0.0344. The zero-order valence-electron chi connectivity index (χ0n) is 15.3. The highest BCUT2D eigenvalue weighted by Crippen LogP contribution is 2.26. The maximum absolute atomic E-state index is 13.0. The SMILES string of the molecule is O=C1N[C@H]2CCCN(c3ncccn3)[C@H]2C/C=C/CCOc2ccccc21. The number of aromatic nitrogens is 2. The van der Waals surface area contributed by atoms with Gasteiger partial charge in [-0.2, -0.15) is 0 Å². The number of piperidine rings is 1. The molecule has 0 radical (unpaired) electrons. The summed E-state index contributed by atoms with van der Waals surface area (Å²) < 4.78 is 5.81. The van der Waals surface area contributed by atoms with E-state index in [0.29, 0.717) is 17.9 Å². The van der Waals surface area contributed by atoms with E-state index in [1.807, 2.05) is 30.3 Å². The summed E-state index contributed by atoms with van der Waals surface area (Å²) in [5.74, 6) is 1.28. The van der Waals surface area contributed by atoms with Gasteiger partial charge in [0.15, 0.2) is 0 Å². The average Bonchev–Trinajstić information content (AvgIpc) is 2.71. The molecule has 0 bridgehead atoms.